The van der Waals surface area contributed by atoms with Crippen LogP contribution < -0.4 is 0 Å². The molecule has 0 amide bonds. The molecule has 0 aromatic heterocycles. The predicted octanol–water partition coefficient (Wildman–Crippen LogP) is 0.392. The molecule has 12 nitrogen and oxygen atoms in total. The molecule has 13 heteroatoms. The van der Waals surface area contributed by atoms with Crippen molar-refractivity contribution < 1.29 is 34.2 Å². The first-order valence-electron chi connectivity index (χ1n) is 8.95. The standard InChI is InChI=1S/C16H24GeN4O8/c22-13-18-5-1-9-26-17(27-10-2-6-19-14-23,28-11-3-7-20-15-24)29-12-4-8-21-16-25/h1-12H2. The Morgan fingerprint density at radius 2 is 0.724 bits per heavy atom. The fourth-order valence-corrected chi connectivity index (χ4v) is 6.15. The molecule has 0 saturated heterocycles. The van der Waals surface area contributed by atoms with E-state index in [9.17, 15) is 19.2 Å². The molecule has 0 aliphatic heterocycles. The van der Waals surface area contributed by atoms with Gasteiger partial charge >= 0.3 is 171 Å². The Labute approximate surface area is 171 Å². The fraction of sp³-hybridized carbons (Fsp3) is 0.750. The van der Waals surface area contributed by atoms with Gasteiger partial charge in [0.1, 0.15) is 0 Å². The fourth-order valence-electron chi connectivity index (χ4n) is 1.80. The Kier molecular flexibility index (Phi) is 19.1. The van der Waals surface area contributed by atoms with Crippen molar-refractivity contribution in [1.82, 2.24) is 0 Å². The van der Waals surface area contributed by atoms with E-state index in [0.717, 1.165) is 0 Å². The summed E-state index contributed by atoms with van der Waals surface area (Å²) in [7, 11) is 0. The maximum atomic E-state index is 10.1. The van der Waals surface area contributed by atoms with Gasteiger partial charge in [0.05, 0.1) is 0 Å². The topological polar surface area (TPSA) is 155 Å². The molecule has 0 rings (SSSR count). The molecule has 29 heavy (non-hydrogen) atoms. The van der Waals surface area contributed by atoms with Crippen molar-refractivity contribution in [3.63, 3.8) is 0 Å². The van der Waals surface area contributed by atoms with Crippen molar-refractivity contribution in [1.29, 1.82) is 0 Å². The van der Waals surface area contributed by atoms with Crippen LogP contribution in [-0.4, -0.2) is 91.5 Å². The third kappa shape index (κ3) is 16.6. The second kappa shape index (κ2) is 20.6. The first-order chi connectivity index (χ1) is 14.2. The van der Waals surface area contributed by atoms with Gasteiger partial charge in [-0.3, -0.25) is 0 Å². The van der Waals surface area contributed by atoms with Crippen molar-refractivity contribution >= 4 is 38.9 Å². The Bertz CT molecular complexity index is 515. The van der Waals surface area contributed by atoms with Crippen LogP contribution in [0.25, 0.3) is 0 Å². The van der Waals surface area contributed by atoms with Crippen LogP contribution in [0.3, 0.4) is 0 Å². The second-order valence-corrected chi connectivity index (χ2v) is 9.72. The summed E-state index contributed by atoms with van der Waals surface area (Å²) in [5.74, 6) is 0. The van der Waals surface area contributed by atoms with Crippen LogP contribution >= 0.6 is 0 Å². The van der Waals surface area contributed by atoms with E-state index in [-0.39, 0.29) is 52.6 Å². The van der Waals surface area contributed by atoms with Gasteiger partial charge in [0.2, 0.25) is 0 Å². The molecule has 0 bridgehead atoms. The van der Waals surface area contributed by atoms with Crippen LogP contribution in [0, 0.1) is 0 Å². The van der Waals surface area contributed by atoms with Crippen molar-refractivity contribution in [3.05, 3.63) is 0 Å². The van der Waals surface area contributed by atoms with Crippen LogP contribution in [0.1, 0.15) is 25.7 Å². The van der Waals surface area contributed by atoms with Crippen molar-refractivity contribution in [2.45, 2.75) is 25.7 Å². The minimum atomic E-state index is -4.20. The van der Waals surface area contributed by atoms with Crippen LogP contribution in [-0.2, 0) is 34.2 Å². The van der Waals surface area contributed by atoms with E-state index in [0.29, 0.717) is 25.7 Å². The molecule has 160 valence electrons. The molecule has 0 N–H and O–H groups in total. The van der Waals surface area contributed by atoms with Crippen LogP contribution in [0.2, 0.25) is 0 Å². The van der Waals surface area contributed by atoms with Gasteiger partial charge in [-0.15, -0.1) is 0 Å². The van der Waals surface area contributed by atoms with Crippen LogP contribution in [0.4, 0.5) is 0 Å². The van der Waals surface area contributed by atoms with Crippen molar-refractivity contribution in [3.8, 4) is 0 Å². The zero-order valence-electron chi connectivity index (χ0n) is 16.0. The number of isocyanates is 4. The van der Waals surface area contributed by atoms with E-state index >= 15 is 0 Å². The number of hydrogen-bond donors (Lipinski definition) is 0. The summed E-state index contributed by atoms with van der Waals surface area (Å²) in [4.78, 5) is 54.4. The SMILES string of the molecule is O=C=NCCC[O][Ge]([O]CCCN=C=O)([O]CCCN=C=O)[O]CCCN=C=O. The van der Waals surface area contributed by atoms with E-state index < -0.39 is 14.6 Å². The molecule has 0 aromatic carbocycles. The first kappa shape index (κ1) is 26.9. The summed E-state index contributed by atoms with van der Waals surface area (Å²) in [5.41, 5.74) is 0. The molecule has 0 saturated carbocycles. The normalized spacial score (nSPS) is 11.9. The molecule has 0 fully saturated rings. The number of rotatable bonds is 20. The van der Waals surface area contributed by atoms with Gasteiger partial charge in [-0.1, -0.05) is 0 Å². The van der Waals surface area contributed by atoms with Gasteiger partial charge in [0, 0.05) is 0 Å². The maximum absolute atomic E-state index is 10.1. The average molecular weight is 473 g/mol. The summed E-state index contributed by atoms with van der Waals surface area (Å²) in [6, 6.07) is 0. The van der Waals surface area contributed by atoms with Crippen molar-refractivity contribution in [2.75, 3.05) is 52.6 Å². The van der Waals surface area contributed by atoms with Gasteiger partial charge in [-0.05, 0) is 0 Å². The van der Waals surface area contributed by atoms with Gasteiger partial charge in [0.15, 0.2) is 0 Å². The minimum absolute atomic E-state index is 0.177. The molecule has 0 heterocycles. The molecule has 0 spiro atoms. The Morgan fingerprint density at radius 3 is 0.931 bits per heavy atom. The van der Waals surface area contributed by atoms with E-state index in [2.05, 4.69) is 20.0 Å². The summed E-state index contributed by atoms with van der Waals surface area (Å²) in [5, 5.41) is 0. The zero-order chi connectivity index (χ0) is 21.5. The van der Waals surface area contributed by atoms with E-state index in [1.165, 1.54) is 24.3 Å². The van der Waals surface area contributed by atoms with E-state index in [1.807, 2.05) is 0 Å². The molecule has 0 radical (unpaired) electrons. The van der Waals surface area contributed by atoms with Gasteiger partial charge < -0.3 is 0 Å². The van der Waals surface area contributed by atoms with E-state index in [4.69, 9.17) is 15.1 Å². The predicted molar refractivity (Wildman–Crippen MR) is 100.0 cm³/mol. The number of nitrogens with zero attached hydrogens (tertiary/aromatic N) is 4. The summed E-state index contributed by atoms with van der Waals surface area (Å²) < 4.78 is 23.2. The van der Waals surface area contributed by atoms with Gasteiger partial charge in [-0.2, -0.15) is 0 Å². The number of hydrogen-bond acceptors (Lipinski definition) is 12. The Hall–Kier alpha value is -2.10. The first-order valence-corrected chi connectivity index (χ1v) is 12.4. The summed E-state index contributed by atoms with van der Waals surface area (Å²) >= 11 is -4.20. The molecule has 0 aliphatic carbocycles. The molecule has 0 unspecified atom stereocenters. The number of aliphatic imine (C=N–C) groups is 4. The van der Waals surface area contributed by atoms with Crippen LogP contribution in [0.5, 0.6) is 0 Å². The second-order valence-electron chi connectivity index (χ2n) is 5.20. The Balaban J connectivity index is 4.93. The number of carbonyl (C=O) groups excluding carboxylic acids is 4. The zero-order valence-corrected chi connectivity index (χ0v) is 18.1. The third-order valence-electron chi connectivity index (χ3n) is 3.03. The average Bonchev–Trinajstić information content (AvgIpc) is 2.73. The van der Waals surface area contributed by atoms with Crippen LogP contribution in [0.15, 0.2) is 20.0 Å². The summed E-state index contributed by atoms with van der Waals surface area (Å²) in [6.07, 6.45) is 7.49. The third-order valence-corrected chi connectivity index (χ3v) is 7.71. The molecule has 0 atom stereocenters. The van der Waals surface area contributed by atoms with E-state index in [1.54, 1.807) is 0 Å². The molecule has 0 aromatic rings. The van der Waals surface area contributed by atoms with Gasteiger partial charge in [-0.25, -0.2) is 0 Å². The van der Waals surface area contributed by atoms with Gasteiger partial charge in [0.25, 0.3) is 0 Å². The molecule has 0 aliphatic rings. The summed E-state index contributed by atoms with van der Waals surface area (Å²) in [6.45, 7) is 1.65. The quantitative estimate of drug-likeness (QED) is 0.107. The molecular formula is C16H24GeN4O8. The molecular weight excluding hydrogens is 449 g/mol. The Morgan fingerprint density at radius 1 is 0.483 bits per heavy atom. The van der Waals surface area contributed by atoms with Crippen molar-refractivity contribution in [2.24, 2.45) is 20.0 Å². The monoisotopic (exact) mass is 474 g/mol.